The number of nitrogens with zero attached hydrogens (tertiary/aromatic N) is 1. The van der Waals surface area contributed by atoms with Crippen LogP contribution in [-0.2, 0) is 9.53 Å². The molecule has 0 aromatic heterocycles. The Morgan fingerprint density at radius 1 is 1.56 bits per heavy atom. The fourth-order valence-corrected chi connectivity index (χ4v) is 0.561. The van der Waals surface area contributed by atoms with Crippen molar-refractivity contribution in [2.75, 3.05) is 0 Å². The average molecular weight is 127 g/mol. The Labute approximate surface area is 51.5 Å². The van der Waals surface area contributed by atoms with E-state index >= 15 is 0 Å². The summed E-state index contributed by atoms with van der Waals surface area (Å²) in [5.74, 6) is -0.521. The molecular formula is C5H5NO3. The molecule has 0 aliphatic carbocycles. The van der Waals surface area contributed by atoms with Crippen LogP contribution in [0.25, 0.3) is 0 Å². The van der Waals surface area contributed by atoms with Gasteiger partial charge in [0.2, 0.25) is 0 Å². The lowest BCUT2D eigenvalue weighted by Crippen LogP contribution is -2.19. The van der Waals surface area contributed by atoms with Crippen LogP contribution in [0.15, 0.2) is 4.99 Å². The van der Waals surface area contributed by atoms with Gasteiger partial charge in [0.05, 0.1) is 6.42 Å². The van der Waals surface area contributed by atoms with E-state index in [4.69, 9.17) is 0 Å². The Hall–Kier alpha value is -1.19. The summed E-state index contributed by atoms with van der Waals surface area (Å²) < 4.78 is 4.09. The van der Waals surface area contributed by atoms with Crippen LogP contribution in [0.3, 0.4) is 0 Å². The molecule has 1 amide bonds. The maximum atomic E-state index is 10.4. The molecule has 1 aliphatic rings. The summed E-state index contributed by atoms with van der Waals surface area (Å²) in [6.07, 6.45) is -0.671. The van der Waals surface area contributed by atoms with E-state index in [1.165, 1.54) is 0 Å². The molecular weight excluding hydrogens is 122 g/mol. The quantitative estimate of drug-likeness (QED) is 0.352. The molecule has 0 atom stereocenters. The number of cyclic esters (lactones) is 2. The van der Waals surface area contributed by atoms with E-state index in [2.05, 4.69) is 9.73 Å². The summed E-state index contributed by atoms with van der Waals surface area (Å²) in [5, 5.41) is 0. The number of rotatable bonds is 0. The maximum absolute atomic E-state index is 10.4. The number of esters is 1. The van der Waals surface area contributed by atoms with Crippen LogP contribution < -0.4 is 0 Å². The Morgan fingerprint density at radius 2 is 2.22 bits per heavy atom. The lowest BCUT2D eigenvalue weighted by atomic mass is 10.3. The van der Waals surface area contributed by atoms with Crippen molar-refractivity contribution >= 4 is 17.8 Å². The van der Waals surface area contributed by atoms with Crippen molar-refractivity contribution in [1.29, 1.82) is 0 Å². The van der Waals surface area contributed by atoms with E-state index in [0.29, 0.717) is 5.71 Å². The summed E-state index contributed by atoms with van der Waals surface area (Å²) >= 11 is 0. The molecule has 0 fully saturated rings. The van der Waals surface area contributed by atoms with Crippen LogP contribution in [0.2, 0.25) is 0 Å². The molecule has 0 saturated heterocycles. The first kappa shape index (κ1) is 5.94. The predicted octanol–water partition coefficient (Wildman–Crippen LogP) is 0.514. The first-order valence-electron chi connectivity index (χ1n) is 2.47. The van der Waals surface area contributed by atoms with Crippen molar-refractivity contribution in [3.63, 3.8) is 0 Å². The Balaban J connectivity index is 2.79. The van der Waals surface area contributed by atoms with Crippen LogP contribution in [0.4, 0.5) is 4.79 Å². The molecule has 1 rings (SSSR count). The predicted molar refractivity (Wildman–Crippen MR) is 29.2 cm³/mol. The van der Waals surface area contributed by atoms with Crippen LogP contribution in [-0.4, -0.2) is 17.8 Å². The van der Waals surface area contributed by atoms with Gasteiger partial charge in [0.15, 0.2) is 0 Å². The number of hydrogen-bond donors (Lipinski definition) is 0. The molecule has 0 bridgehead atoms. The van der Waals surface area contributed by atoms with Gasteiger partial charge in [0.1, 0.15) is 0 Å². The normalized spacial score (nSPS) is 19.0. The molecule has 0 spiro atoms. The molecule has 1 aliphatic heterocycles. The van der Waals surface area contributed by atoms with E-state index in [0.717, 1.165) is 0 Å². The van der Waals surface area contributed by atoms with Crippen LogP contribution in [0, 0.1) is 0 Å². The second kappa shape index (κ2) is 1.97. The second-order valence-corrected chi connectivity index (χ2v) is 1.76. The van der Waals surface area contributed by atoms with Crippen molar-refractivity contribution in [2.24, 2.45) is 4.99 Å². The Kier molecular flexibility index (Phi) is 1.30. The zero-order valence-corrected chi connectivity index (χ0v) is 4.88. The molecule has 0 unspecified atom stereocenters. The van der Waals surface area contributed by atoms with Gasteiger partial charge in [-0.05, 0) is 6.92 Å². The highest BCUT2D eigenvalue weighted by Crippen LogP contribution is 2.00. The minimum absolute atomic E-state index is 0.131. The van der Waals surface area contributed by atoms with Gasteiger partial charge in [0, 0.05) is 5.71 Å². The highest BCUT2D eigenvalue weighted by atomic mass is 16.6. The van der Waals surface area contributed by atoms with E-state index in [1.807, 2.05) is 0 Å². The number of carbonyl (C=O) groups is 2. The van der Waals surface area contributed by atoms with Gasteiger partial charge in [-0.3, -0.25) is 4.79 Å². The molecule has 0 N–H and O–H groups in total. The van der Waals surface area contributed by atoms with E-state index in [9.17, 15) is 9.59 Å². The molecule has 0 aromatic rings. The first-order valence-corrected chi connectivity index (χ1v) is 2.47. The van der Waals surface area contributed by atoms with Crippen molar-refractivity contribution in [3.05, 3.63) is 0 Å². The Morgan fingerprint density at radius 3 is 2.67 bits per heavy atom. The van der Waals surface area contributed by atoms with Crippen molar-refractivity contribution in [2.45, 2.75) is 13.3 Å². The Bertz CT molecular complexity index is 194. The topological polar surface area (TPSA) is 55.7 Å². The number of aliphatic imine (C=N–C) groups is 1. The molecule has 0 radical (unpaired) electrons. The smallest absolute Gasteiger partial charge is 0.374 e. The lowest BCUT2D eigenvalue weighted by molar-refractivity contribution is -0.136. The van der Waals surface area contributed by atoms with Gasteiger partial charge >= 0.3 is 12.1 Å². The monoisotopic (exact) mass is 127 g/mol. The van der Waals surface area contributed by atoms with Crippen LogP contribution in [0.1, 0.15) is 13.3 Å². The van der Waals surface area contributed by atoms with Gasteiger partial charge in [-0.1, -0.05) is 0 Å². The third kappa shape index (κ3) is 1.35. The highest BCUT2D eigenvalue weighted by molar-refractivity contribution is 6.08. The molecule has 4 heteroatoms. The zero-order chi connectivity index (χ0) is 6.85. The second-order valence-electron chi connectivity index (χ2n) is 1.76. The van der Waals surface area contributed by atoms with Gasteiger partial charge in [-0.15, -0.1) is 0 Å². The number of ether oxygens (including phenoxy) is 1. The fourth-order valence-electron chi connectivity index (χ4n) is 0.561. The van der Waals surface area contributed by atoms with E-state index < -0.39 is 12.1 Å². The largest absolute Gasteiger partial charge is 0.441 e. The molecule has 9 heavy (non-hydrogen) atoms. The molecule has 0 saturated carbocycles. The first-order chi connectivity index (χ1) is 4.18. The SMILES string of the molecule is CC1=NC(=O)OC(=O)C1. The highest BCUT2D eigenvalue weighted by Gasteiger charge is 2.16. The minimum atomic E-state index is -0.802. The average Bonchev–Trinajstić information content (AvgIpc) is 1.59. The molecule has 1 heterocycles. The lowest BCUT2D eigenvalue weighted by Gasteiger charge is -2.04. The van der Waals surface area contributed by atoms with Crippen molar-refractivity contribution < 1.29 is 14.3 Å². The number of hydrogen-bond acceptors (Lipinski definition) is 3. The van der Waals surface area contributed by atoms with Crippen molar-refractivity contribution in [1.82, 2.24) is 0 Å². The van der Waals surface area contributed by atoms with Crippen molar-refractivity contribution in [3.8, 4) is 0 Å². The van der Waals surface area contributed by atoms with E-state index in [1.54, 1.807) is 6.92 Å². The van der Waals surface area contributed by atoms with Gasteiger partial charge < -0.3 is 4.74 Å². The number of carbonyl (C=O) groups excluding carboxylic acids is 2. The third-order valence-corrected chi connectivity index (χ3v) is 0.883. The third-order valence-electron chi connectivity index (χ3n) is 0.883. The molecule has 4 nitrogen and oxygen atoms in total. The zero-order valence-electron chi connectivity index (χ0n) is 4.88. The summed E-state index contributed by atoms with van der Waals surface area (Å²) in [5.41, 5.74) is 0.510. The fraction of sp³-hybridized carbons (Fsp3) is 0.400. The standard InChI is InChI=1S/C5H5NO3/c1-3-2-4(7)9-5(8)6-3/h2H2,1H3. The van der Waals surface area contributed by atoms with Crippen LogP contribution >= 0.6 is 0 Å². The van der Waals surface area contributed by atoms with E-state index in [-0.39, 0.29) is 6.42 Å². The summed E-state index contributed by atoms with van der Waals surface area (Å²) in [7, 11) is 0. The molecule has 48 valence electrons. The van der Waals surface area contributed by atoms with Gasteiger partial charge in [0.25, 0.3) is 0 Å². The molecule has 0 aromatic carbocycles. The van der Waals surface area contributed by atoms with Crippen LogP contribution in [0.5, 0.6) is 0 Å². The summed E-state index contributed by atoms with van der Waals surface area (Å²) in [6, 6.07) is 0. The number of amides is 1. The van der Waals surface area contributed by atoms with Gasteiger partial charge in [-0.2, -0.15) is 4.99 Å². The van der Waals surface area contributed by atoms with Gasteiger partial charge in [-0.25, -0.2) is 4.79 Å². The minimum Gasteiger partial charge on any atom is -0.374 e. The summed E-state index contributed by atoms with van der Waals surface area (Å²) in [6.45, 7) is 1.61. The summed E-state index contributed by atoms with van der Waals surface area (Å²) in [4.78, 5) is 24.0. The maximum Gasteiger partial charge on any atom is 0.441 e.